The van der Waals surface area contributed by atoms with Crippen LogP contribution < -0.4 is 0 Å². The Hall–Kier alpha value is -2.65. The number of halogens is 2. The molecule has 27 heavy (non-hydrogen) atoms. The fourth-order valence-electron chi connectivity index (χ4n) is 2.56. The van der Waals surface area contributed by atoms with Gasteiger partial charge in [-0.1, -0.05) is 41.4 Å². The van der Waals surface area contributed by atoms with E-state index in [1.54, 1.807) is 30.3 Å². The van der Waals surface area contributed by atoms with Crippen LogP contribution in [0, 0.1) is 11.3 Å². The second kappa shape index (κ2) is 7.53. The standard InChI is InChI=1S/C20H11Cl2N3OS/c21-13-5-7-15(16(22)10-13)12(11-23)9-14-6-8-19(26-14)27-20-24-17-3-1-2-4-18(17)25-20/h1-10H,(H,24,25)/b12-9-. The maximum atomic E-state index is 9.49. The van der Waals surface area contributed by atoms with Crippen molar-refractivity contribution < 1.29 is 4.42 Å². The van der Waals surface area contributed by atoms with Gasteiger partial charge in [0.1, 0.15) is 5.76 Å². The number of rotatable bonds is 4. The van der Waals surface area contributed by atoms with Gasteiger partial charge >= 0.3 is 0 Å². The van der Waals surface area contributed by atoms with E-state index in [9.17, 15) is 5.26 Å². The third kappa shape index (κ3) is 3.88. The second-order valence-corrected chi connectivity index (χ2v) is 7.45. The first kappa shape index (κ1) is 17.7. The van der Waals surface area contributed by atoms with Crippen LogP contribution in [0.25, 0.3) is 22.7 Å². The molecule has 0 bridgehead atoms. The van der Waals surface area contributed by atoms with Crippen LogP contribution in [0.2, 0.25) is 10.0 Å². The summed E-state index contributed by atoms with van der Waals surface area (Å²) in [6.07, 6.45) is 1.65. The van der Waals surface area contributed by atoms with Crippen LogP contribution in [0.3, 0.4) is 0 Å². The van der Waals surface area contributed by atoms with E-state index >= 15 is 0 Å². The van der Waals surface area contributed by atoms with E-state index in [1.165, 1.54) is 11.8 Å². The van der Waals surface area contributed by atoms with Gasteiger partial charge in [0.2, 0.25) is 0 Å². The third-order valence-electron chi connectivity index (χ3n) is 3.80. The zero-order valence-corrected chi connectivity index (χ0v) is 16.1. The molecule has 0 unspecified atom stereocenters. The number of H-pyrrole nitrogens is 1. The molecule has 0 amide bonds. The fraction of sp³-hybridized carbons (Fsp3) is 0. The number of imidazole rings is 1. The summed E-state index contributed by atoms with van der Waals surface area (Å²) in [5, 5.41) is 11.8. The van der Waals surface area contributed by atoms with Gasteiger partial charge in [-0.25, -0.2) is 4.98 Å². The van der Waals surface area contributed by atoms with Crippen LogP contribution in [-0.4, -0.2) is 9.97 Å². The van der Waals surface area contributed by atoms with Gasteiger partial charge < -0.3 is 9.40 Å². The van der Waals surface area contributed by atoms with Gasteiger partial charge in [0.15, 0.2) is 10.2 Å². The minimum atomic E-state index is 0.395. The summed E-state index contributed by atoms with van der Waals surface area (Å²) >= 11 is 13.5. The Morgan fingerprint density at radius 2 is 2.00 bits per heavy atom. The van der Waals surface area contributed by atoms with Crippen molar-refractivity contribution in [3.05, 3.63) is 76.0 Å². The average molecular weight is 412 g/mol. The minimum Gasteiger partial charge on any atom is -0.450 e. The Morgan fingerprint density at radius 3 is 2.78 bits per heavy atom. The molecular formula is C20H11Cl2N3OS. The Morgan fingerprint density at radius 1 is 1.15 bits per heavy atom. The molecule has 0 saturated heterocycles. The van der Waals surface area contributed by atoms with Gasteiger partial charge in [-0.05, 0) is 54.2 Å². The second-order valence-electron chi connectivity index (χ2n) is 5.61. The van der Waals surface area contributed by atoms with Crippen molar-refractivity contribution in [2.24, 2.45) is 0 Å². The number of nitrogens with one attached hydrogen (secondary N) is 1. The highest BCUT2D eigenvalue weighted by molar-refractivity contribution is 7.99. The van der Waals surface area contributed by atoms with Crippen LogP contribution in [0.4, 0.5) is 0 Å². The highest BCUT2D eigenvalue weighted by Gasteiger charge is 2.11. The maximum absolute atomic E-state index is 9.49. The number of nitrogens with zero attached hydrogens (tertiary/aromatic N) is 2. The molecule has 0 atom stereocenters. The van der Waals surface area contributed by atoms with Gasteiger partial charge in [0, 0.05) is 10.6 Å². The molecule has 0 spiro atoms. The fourth-order valence-corrected chi connectivity index (χ4v) is 3.84. The summed E-state index contributed by atoms with van der Waals surface area (Å²) in [4.78, 5) is 7.75. The van der Waals surface area contributed by atoms with Crippen molar-refractivity contribution in [3.8, 4) is 6.07 Å². The summed E-state index contributed by atoms with van der Waals surface area (Å²) in [5.41, 5.74) is 2.87. The number of hydrogen-bond acceptors (Lipinski definition) is 4. The molecular weight excluding hydrogens is 401 g/mol. The number of benzene rings is 2. The van der Waals surface area contributed by atoms with E-state index in [1.807, 2.05) is 30.3 Å². The van der Waals surface area contributed by atoms with Crippen LogP contribution in [-0.2, 0) is 0 Å². The molecule has 0 radical (unpaired) electrons. The van der Waals surface area contributed by atoms with Gasteiger partial charge in [-0.15, -0.1) is 0 Å². The van der Waals surface area contributed by atoms with Crippen molar-refractivity contribution in [3.63, 3.8) is 0 Å². The third-order valence-corrected chi connectivity index (χ3v) is 5.15. The molecule has 7 heteroatoms. The van der Waals surface area contributed by atoms with Crippen molar-refractivity contribution in [2.75, 3.05) is 0 Å². The molecule has 132 valence electrons. The van der Waals surface area contributed by atoms with Crippen molar-refractivity contribution in [1.29, 1.82) is 5.26 Å². The number of fused-ring (bicyclic) bond motifs is 1. The van der Waals surface area contributed by atoms with E-state index in [0.717, 1.165) is 16.2 Å². The lowest BCUT2D eigenvalue weighted by atomic mass is 10.1. The molecule has 2 aromatic heterocycles. The number of aromatic nitrogens is 2. The van der Waals surface area contributed by atoms with Crippen molar-refractivity contribution in [2.45, 2.75) is 10.2 Å². The highest BCUT2D eigenvalue weighted by atomic mass is 35.5. The van der Waals surface area contributed by atoms with Gasteiger partial charge in [0.25, 0.3) is 0 Å². The number of allylic oxidation sites excluding steroid dienone is 1. The molecule has 4 rings (SSSR count). The molecule has 1 N–H and O–H groups in total. The lowest BCUT2D eigenvalue weighted by molar-refractivity contribution is 0.466. The molecule has 2 aromatic carbocycles. The number of hydrogen-bond donors (Lipinski definition) is 1. The largest absolute Gasteiger partial charge is 0.450 e. The van der Waals surface area contributed by atoms with Crippen molar-refractivity contribution >= 4 is 57.6 Å². The van der Waals surface area contributed by atoms with Gasteiger partial charge in [-0.2, -0.15) is 5.26 Å². The molecule has 4 nitrogen and oxygen atoms in total. The first-order valence-corrected chi connectivity index (χ1v) is 9.49. The Bertz CT molecular complexity index is 1170. The molecule has 0 saturated carbocycles. The predicted molar refractivity (Wildman–Crippen MR) is 109 cm³/mol. The Balaban J connectivity index is 1.59. The van der Waals surface area contributed by atoms with Crippen LogP contribution >= 0.6 is 35.0 Å². The van der Waals surface area contributed by atoms with Crippen LogP contribution in [0.5, 0.6) is 0 Å². The first-order chi connectivity index (χ1) is 13.1. The molecule has 0 aliphatic heterocycles. The number of para-hydroxylation sites is 2. The highest BCUT2D eigenvalue weighted by Crippen LogP contribution is 2.31. The quantitative estimate of drug-likeness (QED) is 0.380. The summed E-state index contributed by atoms with van der Waals surface area (Å²) in [6.45, 7) is 0. The van der Waals surface area contributed by atoms with Gasteiger partial charge in [-0.3, -0.25) is 0 Å². The van der Waals surface area contributed by atoms with E-state index < -0.39 is 0 Å². The lowest BCUT2D eigenvalue weighted by Gasteiger charge is -2.02. The topological polar surface area (TPSA) is 65.6 Å². The van der Waals surface area contributed by atoms with E-state index in [0.29, 0.717) is 32.0 Å². The maximum Gasteiger partial charge on any atom is 0.174 e. The first-order valence-electron chi connectivity index (χ1n) is 7.92. The molecule has 4 aromatic rings. The normalized spacial score (nSPS) is 11.7. The van der Waals surface area contributed by atoms with E-state index in [4.69, 9.17) is 27.6 Å². The predicted octanol–water partition coefficient (Wildman–Crippen LogP) is 6.68. The average Bonchev–Trinajstić information content (AvgIpc) is 3.26. The molecule has 0 aliphatic carbocycles. The summed E-state index contributed by atoms with van der Waals surface area (Å²) in [5.74, 6) is 0.552. The Kier molecular flexibility index (Phi) is 4.95. The van der Waals surface area contributed by atoms with Crippen molar-refractivity contribution in [1.82, 2.24) is 9.97 Å². The monoisotopic (exact) mass is 411 g/mol. The van der Waals surface area contributed by atoms with E-state index in [2.05, 4.69) is 16.0 Å². The summed E-state index contributed by atoms with van der Waals surface area (Å²) < 4.78 is 5.81. The zero-order valence-electron chi connectivity index (χ0n) is 13.7. The molecule has 2 heterocycles. The number of nitriles is 1. The van der Waals surface area contributed by atoms with Gasteiger partial charge in [0.05, 0.1) is 27.7 Å². The summed E-state index contributed by atoms with van der Waals surface area (Å²) in [6, 6.07) is 18.6. The smallest absolute Gasteiger partial charge is 0.174 e. The molecule has 0 aliphatic rings. The van der Waals surface area contributed by atoms with Crippen LogP contribution in [0.1, 0.15) is 11.3 Å². The van der Waals surface area contributed by atoms with E-state index in [-0.39, 0.29) is 0 Å². The SMILES string of the molecule is N#C/C(=C/c1ccc(Sc2nc3ccccc3[nH]2)o1)c1ccc(Cl)cc1Cl. The molecule has 0 fully saturated rings. The zero-order chi connectivity index (χ0) is 18.8. The summed E-state index contributed by atoms with van der Waals surface area (Å²) in [7, 11) is 0. The van der Waals surface area contributed by atoms with Crippen LogP contribution in [0.15, 0.2) is 69.3 Å². The Labute approximate surface area is 169 Å². The number of aromatic amines is 1. The minimum absolute atomic E-state index is 0.395. The lowest BCUT2D eigenvalue weighted by Crippen LogP contribution is -1.83. The number of furan rings is 1.